The summed E-state index contributed by atoms with van der Waals surface area (Å²) < 4.78 is 5.52. The number of aldehydes is 1. The van der Waals surface area contributed by atoms with Gasteiger partial charge in [-0.1, -0.05) is 67.1 Å². The number of primary amides is 1. The number of imide groups is 1. The van der Waals surface area contributed by atoms with Crippen molar-refractivity contribution in [3.05, 3.63) is 71.8 Å². The Morgan fingerprint density at radius 2 is 1.39 bits per heavy atom. The molecule has 250 valence electrons. The van der Waals surface area contributed by atoms with E-state index in [9.17, 15) is 28.8 Å². The predicted octanol–water partition coefficient (Wildman–Crippen LogP) is 1.10. The molecule has 0 unspecified atom stereocenters. The van der Waals surface area contributed by atoms with Crippen LogP contribution in [0.1, 0.15) is 57.6 Å². The van der Waals surface area contributed by atoms with Gasteiger partial charge >= 0.3 is 6.09 Å². The van der Waals surface area contributed by atoms with Crippen molar-refractivity contribution < 1.29 is 33.5 Å². The molecule has 4 atom stereocenters. The van der Waals surface area contributed by atoms with E-state index >= 15 is 0 Å². The maximum atomic E-state index is 14.3. The summed E-state index contributed by atoms with van der Waals surface area (Å²) >= 11 is 0. The quantitative estimate of drug-likeness (QED) is 0.124. The highest BCUT2D eigenvalue weighted by atomic mass is 16.6. The first-order chi connectivity index (χ1) is 21.7. The molecular formula is C33H46N6O7. The molecule has 0 saturated heterocycles. The van der Waals surface area contributed by atoms with Gasteiger partial charge in [-0.05, 0) is 51.3 Å². The Morgan fingerprint density at radius 1 is 0.848 bits per heavy atom. The summed E-state index contributed by atoms with van der Waals surface area (Å²) in [5.74, 6) is -3.42. The van der Waals surface area contributed by atoms with Crippen molar-refractivity contribution in [1.82, 2.24) is 15.5 Å². The molecule has 0 aromatic heterocycles. The molecule has 0 spiro atoms. The van der Waals surface area contributed by atoms with E-state index in [1.807, 2.05) is 0 Å². The highest BCUT2D eigenvalue weighted by Crippen LogP contribution is 2.18. The van der Waals surface area contributed by atoms with Crippen LogP contribution in [0.4, 0.5) is 4.79 Å². The van der Waals surface area contributed by atoms with E-state index in [0.29, 0.717) is 48.1 Å². The second kappa shape index (κ2) is 18.4. The van der Waals surface area contributed by atoms with Crippen LogP contribution in [0.15, 0.2) is 60.7 Å². The monoisotopic (exact) mass is 638 g/mol. The van der Waals surface area contributed by atoms with Crippen LogP contribution >= 0.6 is 0 Å². The van der Waals surface area contributed by atoms with Crippen LogP contribution in [0.25, 0.3) is 0 Å². The summed E-state index contributed by atoms with van der Waals surface area (Å²) in [6, 6.07) is 12.3. The number of rotatable bonds is 17. The highest BCUT2D eigenvalue weighted by molar-refractivity contribution is 6.01. The topological polar surface area (TPSA) is 217 Å². The number of benzene rings is 2. The summed E-state index contributed by atoms with van der Waals surface area (Å²) in [4.78, 5) is 79.2. The molecule has 0 aliphatic rings. The van der Waals surface area contributed by atoms with E-state index in [1.54, 1.807) is 81.4 Å². The van der Waals surface area contributed by atoms with Crippen molar-refractivity contribution in [3.8, 4) is 0 Å². The van der Waals surface area contributed by atoms with Crippen LogP contribution in [-0.4, -0.2) is 77.2 Å². The molecule has 13 nitrogen and oxygen atoms in total. The molecule has 2 aromatic rings. The van der Waals surface area contributed by atoms with Crippen molar-refractivity contribution in [1.29, 1.82) is 0 Å². The molecule has 0 bridgehead atoms. The number of nitrogens with one attached hydrogen (secondary N) is 2. The van der Waals surface area contributed by atoms with E-state index in [0.717, 1.165) is 0 Å². The third-order valence-corrected chi connectivity index (χ3v) is 6.85. The number of nitrogens with two attached hydrogens (primary N) is 3. The fourth-order valence-electron chi connectivity index (χ4n) is 4.57. The number of hydrogen-bond acceptors (Lipinski definition) is 9. The molecule has 2 rings (SSSR count). The molecule has 0 radical (unpaired) electrons. The lowest BCUT2D eigenvalue weighted by molar-refractivity contribution is -0.140. The Morgan fingerprint density at radius 3 is 1.89 bits per heavy atom. The number of unbranched alkanes of at least 4 members (excludes halogenated alkanes) is 1. The maximum absolute atomic E-state index is 14.3. The SMILES string of the molecule is CC(C)(C)OC(=O)N(C(=O)[C@H](Cc1ccccc1)NC(=O)[C@H](CC(N)=O)NC(=O)[C@@H](N)CCCCN)[C@H](C=O)Cc1ccccc1. The van der Waals surface area contributed by atoms with Gasteiger partial charge in [0.05, 0.1) is 12.5 Å². The molecule has 13 heteroatoms. The Labute approximate surface area is 269 Å². The van der Waals surface area contributed by atoms with Gasteiger partial charge in [0, 0.05) is 12.8 Å². The zero-order valence-electron chi connectivity index (χ0n) is 26.6. The Hall–Kier alpha value is -4.62. The largest absolute Gasteiger partial charge is 0.443 e. The third-order valence-electron chi connectivity index (χ3n) is 6.85. The standard InChI is InChI=1S/C33H46N6O7/c1-33(2,3)46-32(45)39(24(21-40)18-22-12-6-4-7-13-22)31(44)27(19-23-14-8-5-9-15-23)38-30(43)26(20-28(36)41)37-29(42)25(35)16-10-11-17-34/h4-9,12-15,21,24-27H,10-11,16-20,34-35H2,1-3H3,(H2,36,41)(H,37,42)(H,38,43)/t24-,25-,26-,27-/m0/s1. The average molecular weight is 639 g/mol. The fraction of sp³-hybridized carbons (Fsp3) is 0.455. The first kappa shape index (κ1) is 37.6. The van der Waals surface area contributed by atoms with E-state index in [1.165, 1.54) is 0 Å². The first-order valence-electron chi connectivity index (χ1n) is 15.2. The molecule has 0 saturated carbocycles. The maximum Gasteiger partial charge on any atom is 0.417 e. The van der Waals surface area contributed by atoms with Gasteiger partial charge in [0.25, 0.3) is 5.91 Å². The summed E-state index contributed by atoms with van der Waals surface area (Å²) in [7, 11) is 0. The van der Waals surface area contributed by atoms with Gasteiger partial charge in [-0.3, -0.25) is 19.2 Å². The predicted molar refractivity (Wildman–Crippen MR) is 172 cm³/mol. The minimum Gasteiger partial charge on any atom is -0.443 e. The zero-order valence-corrected chi connectivity index (χ0v) is 26.6. The number of carbonyl (C=O) groups is 6. The van der Waals surface area contributed by atoms with Gasteiger partial charge in [0.1, 0.15) is 30.0 Å². The molecule has 46 heavy (non-hydrogen) atoms. The minimum atomic E-state index is -1.47. The van der Waals surface area contributed by atoms with Gasteiger partial charge < -0.3 is 37.4 Å². The second-order valence-corrected chi connectivity index (χ2v) is 12.0. The van der Waals surface area contributed by atoms with E-state index in [-0.39, 0.29) is 12.8 Å². The van der Waals surface area contributed by atoms with Gasteiger partial charge in [0.2, 0.25) is 17.7 Å². The molecule has 2 aromatic carbocycles. The lowest BCUT2D eigenvalue weighted by Crippen LogP contribution is -2.60. The van der Waals surface area contributed by atoms with Crippen molar-refractivity contribution >= 4 is 36.0 Å². The molecule has 8 N–H and O–H groups in total. The summed E-state index contributed by atoms with van der Waals surface area (Å²) in [6.45, 7) is 5.26. The van der Waals surface area contributed by atoms with Crippen LogP contribution in [0.5, 0.6) is 0 Å². The van der Waals surface area contributed by atoms with Gasteiger partial charge in [-0.25, -0.2) is 9.69 Å². The van der Waals surface area contributed by atoms with Crippen LogP contribution in [-0.2, 0) is 41.6 Å². The van der Waals surface area contributed by atoms with E-state index in [2.05, 4.69) is 10.6 Å². The summed E-state index contributed by atoms with van der Waals surface area (Å²) in [6.07, 6.45) is 0.216. The van der Waals surface area contributed by atoms with Crippen molar-refractivity contribution in [2.24, 2.45) is 17.2 Å². The van der Waals surface area contributed by atoms with Gasteiger partial charge in [-0.15, -0.1) is 0 Å². The van der Waals surface area contributed by atoms with Crippen LogP contribution in [0, 0.1) is 0 Å². The Kier molecular flexibility index (Phi) is 15.0. The number of amides is 5. The molecule has 0 aliphatic carbocycles. The highest BCUT2D eigenvalue weighted by Gasteiger charge is 2.39. The average Bonchev–Trinajstić information content (AvgIpc) is 2.99. The van der Waals surface area contributed by atoms with E-state index < -0.39 is 65.9 Å². The number of hydrogen-bond donors (Lipinski definition) is 5. The normalized spacial score (nSPS) is 13.8. The summed E-state index contributed by atoms with van der Waals surface area (Å²) in [5.41, 5.74) is 17.1. The van der Waals surface area contributed by atoms with Crippen LogP contribution < -0.4 is 27.8 Å². The Balaban J connectivity index is 2.47. The first-order valence-corrected chi connectivity index (χ1v) is 15.2. The second-order valence-electron chi connectivity index (χ2n) is 12.0. The minimum absolute atomic E-state index is 0.0102. The molecule has 5 amide bonds. The smallest absolute Gasteiger partial charge is 0.417 e. The number of nitrogens with zero attached hydrogens (tertiary/aromatic N) is 1. The fourth-order valence-corrected chi connectivity index (χ4v) is 4.57. The van der Waals surface area contributed by atoms with Crippen molar-refractivity contribution in [3.63, 3.8) is 0 Å². The van der Waals surface area contributed by atoms with Crippen LogP contribution in [0.2, 0.25) is 0 Å². The third kappa shape index (κ3) is 12.8. The zero-order chi connectivity index (χ0) is 34.3. The number of ether oxygens (including phenoxy) is 1. The lowest BCUT2D eigenvalue weighted by atomic mass is 10.0. The molecule has 0 heterocycles. The van der Waals surface area contributed by atoms with Crippen molar-refractivity contribution in [2.45, 2.75) is 89.1 Å². The van der Waals surface area contributed by atoms with Gasteiger partial charge in [-0.2, -0.15) is 0 Å². The van der Waals surface area contributed by atoms with Gasteiger partial charge in [0.15, 0.2) is 0 Å². The molecule has 0 fully saturated rings. The molecular weight excluding hydrogens is 592 g/mol. The number of carbonyl (C=O) groups excluding carboxylic acids is 6. The van der Waals surface area contributed by atoms with Crippen molar-refractivity contribution in [2.75, 3.05) is 6.54 Å². The molecule has 0 aliphatic heterocycles. The Bertz CT molecular complexity index is 1320. The summed E-state index contributed by atoms with van der Waals surface area (Å²) in [5, 5.41) is 5.03. The van der Waals surface area contributed by atoms with E-state index in [4.69, 9.17) is 21.9 Å². The lowest BCUT2D eigenvalue weighted by Gasteiger charge is -2.33. The van der Waals surface area contributed by atoms with Crippen LogP contribution in [0.3, 0.4) is 0 Å².